The predicted octanol–water partition coefficient (Wildman–Crippen LogP) is 5.67. The fourth-order valence-corrected chi connectivity index (χ4v) is 4.04. The molecule has 0 radical (unpaired) electrons. The number of hydrogen-bond acceptors (Lipinski definition) is 2. The first kappa shape index (κ1) is 16.2. The number of hydrogen-bond donors (Lipinski definition) is 0. The highest BCUT2D eigenvalue weighted by atomic mass is 16.5. The summed E-state index contributed by atoms with van der Waals surface area (Å²) >= 11 is 0. The van der Waals surface area contributed by atoms with E-state index < -0.39 is 0 Å². The van der Waals surface area contributed by atoms with Gasteiger partial charge >= 0.3 is 0 Å². The first-order chi connectivity index (χ1) is 12.3. The van der Waals surface area contributed by atoms with Gasteiger partial charge in [-0.05, 0) is 72.1 Å². The van der Waals surface area contributed by atoms with Crippen LogP contribution in [0.4, 0.5) is 0 Å². The number of methoxy groups -OCH3 is 1. The highest BCUT2D eigenvalue weighted by molar-refractivity contribution is 5.90. The van der Waals surface area contributed by atoms with E-state index in [2.05, 4.69) is 66.5 Å². The average Bonchev–Trinajstić information content (AvgIpc) is 2.67. The van der Waals surface area contributed by atoms with E-state index in [1.54, 1.807) is 7.11 Å². The van der Waals surface area contributed by atoms with Gasteiger partial charge in [-0.1, -0.05) is 48.9 Å². The number of rotatable bonds is 3. The zero-order valence-corrected chi connectivity index (χ0v) is 15.0. The van der Waals surface area contributed by atoms with Crippen molar-refractivity contribution in [3.05, 3.63) is 66.2 Å². The Morgan fingerprint density at radius 1 is 0.920 bits per heavy atom. The van der Waals surface area contributed by atoms with Gasteiger partial charge < -0.3 is 4.74 Å². The van der Waals surface area contributed by atoms with Gasteiger partial charge in [0.05, 0.1) is 7.11 Å². The molecule has 1 aliphatic rings. The third-order valence-corrected chi connectivity index (χ3v) is 5.45. The van der Waals surface area contributed by atoms with Gasteiger partial charge in [0.1, 0.15) is 5.75 Å². The van der Waals surface area contributed by atoms with Crippen molar-refractivity contribution in [3.8, 4) is 16.9 Å². The number of likely N-dealkylation sites (tertiary alicyclic amines) is 1. The molecule has 0 aliphatic carbocycles. The van der Waals surface area contributed by atoms with Crippen molar-refractivity contribution in [1.82, 2.24) is 4.90 Å². The Hall–Kier alpha value is -2.32. The van der Waals surface area contributed by atoms with Crippen LogP contribution >= 0.6 is 0 Å². The molecule has 1 unspecified atom stereocenters. The Kier molecular flexibility index (Phi) is 4.46. The minimum atomic E-state index is 0.526. The molecule has 1 atom stereocenters. The van der Waals surface area contributed by atoms with Crippen molar-refractivity contribution in [3.63, 3.8) is 0 Å². The van der Waals surface area contributed by atoms with E-state index >= 15 is 0 Å². The van der Waals surface area contributed by atoms with Crippen molar-refractivity contribution < 1.29 is 4.74 Å². The van der Waals surface area contributed by atoms with Crippen molar-refractivity contribution in [2.75, 3.05) is 20.7 Å². The average molecular weight is 331 g/mol. The molecule has 2 heteroatoms. The zero-order valence-electron chi connectivity index (χ0n) is 15.0. The summed E-state index contributed by atoms with van der Waals surface area (Å²) in [6.45, 7) is 1.19. The zero-order chi connectivity index (χ0) is 17.2. The SMILES string of the molecule is COc1cccc(-c2ccc3cccc(C4CCCCN4C)c3c2)c1. The van der Waals surface area contributed by atoms with Crippen LogP contribution in [-0.2, 0) is 0 Å². The second-order valence-corrected chi connectivity index (χ2v) is 7.01. The van der Waals surface area contributed by atoms with Gasteiger partial charge in [0.2, 0.25) is 0 Å². The van der Waals surface area contributed by atoms with E-state index in [-0.39, 0.29) is 0 Å². The molecule has 4 rings (SSSR count). The van der Waals surface area contributed by atoms with Crippen LogP contribution in [-0.4, -0.2) is 25.6 Å². The van der Waals surface area contributed by atoms with Crippen LogP contribution in [0.2, 0.25) is 0 Å². The Bertz CT molecular complexity index is 886. The number of ether oxygens (including phenoxy) is 1. The largest absolute Gasteiger partial charge is 0.497 e. The number of benzene rings is 3. The molecular weight excluding hydrogens is 306 g/mol. The van der Waals surface area contributed by atoms with Crippen LogP contribution in [0.1, 0.15) is 30.9 Å². The second-order valence-electron chi connectivity index (χ2n) is 7.01. The lowest BCUT2D eigenvalue weighted by atomic mass is 9.90. The quantitative estimate of drug-likeness (QED) is 0.613. The number of piperidine rings is 1. The van der Waals surface area contributed by atoms with Gasteiger partial charge in [-0.15, -0.1) is 0 Å². The molecule has 3 aromatic carbocycles. The van der Waals surface area contributed by atoms with Crippen molar-refractivity contribution in [2.45, 2.75) is 25.3 Å². The van der Waals surface area contributed by atoms with Crippen LogP contribution in [0.5, 0.6) is 5.75 Å². The summed E-state index contributed by atoms with van der Waals surface area (Å²) in [6, 6.07) is 22.4. The molecule has 0 saturated carbocycles. The minimum absolute atomic E-state index is 0.526. The molecule has 0 aromatic heterocycles. The lowest BCUT2D eigenvalue weighted by molar-refractivity contribution is 0.188. The second kappa shape index (κ2) is 6.89. The standard InChI is InChI=1S/C23H25NO/c1-24-14-4-3-11-23(24)21-10-6-7-17-12-13-19(16-22(17)21)18-8-5-9-20(15-18)25-2/h5-10,12-13,15-16,23H,3-4,11,14H2,1-2H3. The lowest BCUT2D eigenvalue weighted by Gasteiger charge is -2.33. The Labute approximate surface area is 150 Å². The molecule has 0 bridgehead atoms. The molecule has 0 N–H and O–H groups in total. The molecule has 128 valence electrons. The van der Waals surface area contributed by atoms with E-state index in [1.807, 2.05) is 6.07 Å². The molecular formula is C23H25NO. The summed E-state index contributed by atoms with van der Waals surface area (Å²) < 4.78 is 5.39. The van der Waals surface area contributed by atoms with Crippen molar-refractivity contribution in [1.29, 1.82) is 0 Å². The van der Waals surface area contributed by atoms with Crippen LogP contribution < -0.4 is 4.74 Å². The molecule has 1 saturated heterocycles. The normalized spacial score (nSPS) is 18.4. The van der Waals surface area contributed by atoms with Crippen molar-refractivity contribution >= 4 is 10.8 Å². The van der Waals surface area contributed by atoms with E-state index in [1.165, 1.54) is 53.3 Å². The van der Waals surface area contributed by atoms with Gasteiger partial charge in [0.25, 0.3) is 0 Å². The van der Waals surface area contributed by atoms with Crippen LogP contribution in [0.15, 0.2) is 60.7 Å². The van der Waals surface area contributed by atoms with E-state index in [4.69, 9.17) is 4.74 Å². The first-order valence-corrected chi connectivity index (χ1v) is 9.13. The predicted molar refractivity (Wildman–Crippen MR) is 105 cm³/mol. The summed E-state index contributed by atoms with van der Waals surface area (Å²) in [5, 5.41) is 2.70. The maximum Gasteiger partial charge on any atom is 0.119 e. The highest BCUT2D eigenvalue weighted by Crippen LogP contribution is 2.36. The van der Waals surface area contributed by atoms with E-state index in [9.17, 15) is 0 Å². The molecule has 25 heavy (non-hydrogen) atoms. The molecule has 1 heterocycles. The molecule has 1 aliphatic heterocycles. The van der Waals surface area contributed by atoms with Gasteiger partial charge in [-0.3, -0.25) is 4.90 Å². The first-order valence-electron chi connectivity index (χ1n) is 9.13. The van der Waals surface area contributed by atoms with Crippen LogP contribution in [0.25, 0.3) is 21.9 Å². The summed E-state index contributed by atoms with van der Waals surface area (Å²) in [6.07, 6.45) is 3.88. The molecule has 0 amide bonds. The molecule has 1 fully saturated rings. The Balaban J connectivity index is 1.82. The molecule has 0 spiro atoms. The summed E-state index contributed by atoms with van der Waals surface area (Å²) in [5.74, 6) is 0.901. The van der Waals surface area contributed by atoms with Gasteiger partial charge in [-0.2, -0.15) is 0 Å². The van der Waals surface area contributed by atoms with Crippen molar-refractivity contribution in [2.24, 2.45) is 0 Å². The van der Waals surface area contributed by atoms with E-state index in [0.717, 1.165) is 5.75 Å². The van der Waals surface area contributed by atoms with Gasteiger partial charge in [-0.25, -0.2) is 0 Å². The number of nitrogens with zero attached hydrogens (tertiary/aromatic N) is 1. The highest BCUT2D eigenvalue weighted by Gasteiger charge is 2.22. The fourth-order valence-electron chi connectivity index (χ4n) is 4.04. The molecule has 2 nitrogen and oxygen atoms in total. The topological polar surface area (TPSA) is 12.5 Å². The lowest BCUT2D eigenvalue weighted by Crippen LogP contribution is -2.29. The minimum Gasteiger partial charge on any atom is -0.497 e. The maximum absolute atomic E-state index is 5.39. The fraction of sp³-hybridized carbons (Fsp3) is 0.304. The van der Waals surface area contributed by atoms with Gasteiger partial charge in [0.15, 0.2) is 0 Å². The Morgan fingerprint density at radius 3 is 2.60 bits per heavy atom. The maximum atomic E-state index is 5.39. The number of fused-ring (bicyclic) bond motifs is 1. The summed E-state index contributed by atoms with van der Waals surface area (Å²) in [5.41, 5.74) is 3.91. The van der Waals surface area contributed by atoms with Gasteiger partial charge in [0, 0.05) is 6.04 Å². The van der Waals surface area contributed by atoms with Crippen LogP contribution in [0.3, 0.4) is 0 Å². The molecule has 3 aromatic rings. The van der Waals surface area contributed by atoms with E-state index in [0.29, 0.717) is 6.04 Å². The third kappa shape index (κ3) is 3.14. The third-order valence-electron chi connectivity index (χ3n) is 5.45. The Morgan fingerprint density at radius 2 is 1.76 bits per heavy atom. The van der Waals surface area contributed by atoms with Crippen LogP contribution in [0, 0.1) is 0 Å². The monoisotopic (exact) mass is 331 g/mol. The smallest absolute Gasteiger partial charge is 0.119 e. The summed E-state index contributed by atoms with van der Waals surface area (Å²) in [4.78, 5) is 2.51. The summed E-state index contributed by atoms with van der Waals surface area (Å²) in [7, 11) is 3.98.